The Kier molecular flexibility index (Phi) is 6.05. The summed E-state index contributed by atoms with van der Waals surface area (Å²) in [4.78, 5) is 0. The fourth-order valence-corrected chi connectivity index (χ4v) is 4.85. The minimum atomic E-state index is -0.633. The van der Waals surface area contributed by atoms with Gasteiger partial charge in [-0.05, 0) is 72.9 Å². The summed E-state index contributed by atoms with van der Waals surface area (Å²) < 4.78 is 35.0. The number of fused-ring (bicyclic) bond motifs is 1. The van der Waals surface area contributed by atoms with E-state index in [4.69, 9.17) is 4.74 Å². The van der Waals surface area contributed by atoms with Crippen molar-refractivity contribution in [3.8, 4) is 5.75 Å². The summed E-state index contributed by atoms with van der Waals surface area (Å²) >= 11 is 0. The number of rotatable bonds is 7. The predicted molar refractivity (Wildman–Crippen MR) is 116 cm³/mol. The summed E-state index contributed by atoms with van der Waals surface area (Å²) in [5.74, 6) is 0.285. The molecule has 0 spiro atoms. The van der Waals surface area contributed by atoms with Crippen LogP contribution in [0.1, 0.15) is 62.3 Å². The average Bonchev–Trinajstić information content (AvgIpc) is 3.31. The number of hydrogen-bond donors (Lipinski definition) is 1. The zero-order valence-corrected chi connectivity index (χ0v) is 17.5. The van der Waals surface area contributed by atoms with Crippen molar-refractivity contribution in [3.63, 3.8) is 0 Å². The highest BCUT2D eigenvalue weighted by atomic mass is 19.1. The van der Waals surface area contributed by atoms with E-state index in [-0.39, 0.29) is 23.5 Å². The first-order valence-electron chi connectivity index (χ1n) is 10.8. The lowest BCUT2D eigenvalue weighted by Gasteiger charge is -2.20. The van der Waals surface area contributed by atoms with Crippen molar-refractivity contribution in [2.45, 2.75) is 45.6 Å². The average molecular weight is 411 g/mol. The highest BCUT2D eigenvalue weighted by Gasteiger charge is 2.38. The van der Waals surface area contributed by atoms with Crippen LogP contribution in [0.4, 0.5) is 8.78 Å². The van der Waals surface area contributed by atoms with Gasteiger partial charge in [0.05, 0.1) is 12.7 Å². The monoisotopic (exact) mass is 410 g/mol. The van der Waals surface area contributed by atoms with Crippen LogP contribution in [0.2, 0.25) is 0 Å². The summed E-state index contributed by atoms with van der Waals surface area (Å²) in [5.41, 5.74) is 3.82. The maximum Gasteiger partial charge on any atom is 0.134 e. The van der Waals surface area contributed by atoms with E-state index in [0.717, 1.165) is 30.4 Å². The molecule has 0 aromatic heterocycles. The van der Waals surface area contributed by atoms with Crippen molar-refractivity contribution in [1.29, 1.82) is 0 Å². The van der Waals surface area contributed by atoms with Gasteiger partial charge in [-0.15, -0.1) is 0 Å². The molecule has 2 aliphatic carbocycles. The summed E-state index contributed by atoms with van der Waals surface area (Å²) in [6.45, 7) is 4.37. The number of benzene rings is 2. The molecule has 3 atom stereocenters. The lowest BCUT2D eigenvalue weighted by molar-refractivity contribution is 0.166. The number of aliphatic hydroxyl groups excluding tert-OH is 1. The lowest BCUT2D eigenvalue weighted by Crippen LogP contribution is -2.09. The largest absolute Gasteiger partial charge is 0.494 e. The second-order valence-electron chi connectivity index (χ2n) is 8.12. The van der Waals surface area contributed by atoms with Crippen LogP contribution in [-0.4, -0.2) is 11.7 Å². The molecule has 30 heavy (non-hydrogen) atoms. The quantitative estimate of drug-likeness (QED) is 0.550. The Labute approximate surface area is 176 Å². The first-order chi connectivity index (χ1) is 14.5. The number of allylic oxidation sites excluding steroid dienone is 4. The normalized spacial score (nSPS) is 21.2. The Morgan fingerprint density at radius 2 is 1.53 bits per heavy atom. The Morgan fingerprint density at radius 1 is 0.933 bits per heavy atom. The second kappa shape index (κ2) is 8.73. The van der Waals surface area contributed by atoms with Crippen LogP contribution in [0.15, 0.2) is 48.6 Å². The van der Waals surface area contributed by atoms with Crippen molar-refractivity contribution in [2.75, 3.05) is 6.61 Å². The Balaban J connectivity index is 1.54. The lowest BCUT2D eigenvalue weighted by atomic mass is 9.85. The molecule has 4 heteroatoms. The fourth-order valence-electron chi connectivity index (χ4n) is 4.85. The topological polar surface area (TPSA) is 29.5 Å². The maximum atomic E-state index is 14.9. The number of hydrogen-bond acceptors (Lipinski definition) is 2. The molecule has 3 unspecified atom stereocenters. The summed E-state index contributed by atoms with van der Waals surface area (Å²) in [5, 5.41) is 10.2. The molecule has 0 saturated heterocycles. The molecule has 0 aliphatic heterocycles. The molecule has 0 heterocycles. The first-order valence-corrected chi connectivity index (χ1v) is 10.8. The number of ether oxygens (including phenoxy) is 1. The van der Waals surface area contributed by atoms with Gasteiger partial charge in [-0.2, -0.15) is 0 Å². The van der Waals surface area contributed by atoms with Crippen LogP contribution >= 0.6 is 0 Å². The first kappa shape index (κ1) is 20.8. The molecule has 0 radical (unpaired) electrons. The van der Waals surface area contributed by atoms with Crippen LogP contribution in [-0.2, 0) is 0 Å². The van der Waals surface area contributed by atoms with Gasteiger partial charge in [0.15, 0.2) is 0 Å². The Bertz CT molecular complexity index is 993. The van der Waals surface area contributed by atoms with Gasteiger partial charge in [0.25, 0.3) is 0 Å². The smallest absolute Gasteiger partial charge is 0.134 e. The second-order valence-corrected chi connectivity index (χ2v) is 8.12. The third-order valence-corrected chi connectivity index (χ3v) is 6.28. The van der Waals surface area contributed by atoms with E-state index in [1.807, 2.05) is 19.9 Å². The van der Waals surface area contributed by atoms with Crippen LogP contribution < -0.4 is 4.74 Å². The summed E-state index contributed by atoms with van der Waals surface area (Å²) in [6, 6.07) is 10.1. The molecule has 0 amide bonds. The highest BCUT2D eigenvalue weighted by molar-refractivity contribution is 5.80. The van der Waals surface area contributed by atoms with Crippen molar-refractivity contribution < 1.29 is 18.6 Å². The molecular weight excluding hydrogens is 382 g/mol. The maximum absolute atomic E-state index is 14.9. The van der Waals surface area contributed by atoms with E-state index in [0.29, 0.717) is 35.5 Å². The molecule has 2 nitrogen and oxygen atoms in total. The van der Waals surface area contributed by atoms with E-state index in [1.54, 1.807) is 18.2 Å². The SMILES string of the molecule is CCCC(O)c1ccc(C2=CCC3C(c4ccc(OCC)cc4F)=CCC23)c(F)c1. The van der Waals surface area contributed by atoms with Crippen LogP contribution in [0.3, 0.4) is 0 Å². The van der Waals surface area contributed by atoms with Crippen molar-refractivity contribution in [2.24, 2.45) is 11.8 Å². The van der Waals surface area contributed by atoms with E-state index in [9.17, 15) is 13.9 Å². The third-order valence-electron chi connectivity index (χ3n) is 6.28. The van der Waals surface area contributed by atoms with Crippen LogP contribution in [0, 0.1) is 23.5 Å². The molecule has 2 aromatic carbocycles. The van der Waals surface area contributed by atoms with Crippen molar-refractivity contribution in [1.82, 2.24) is 0 Å². The van der Waals surface area contributed by atoms with Gasteiger partial charge in [-0.1, -0.05) is 37.6 Å². The molecule has 4 rings (SSSR count). The van der Waals surface area contributed by atoms with Gasteiger partial charge in [0.2, 0.25) is 0 Å². The van der Waals surface area contributed by atoms with E-state index in [2.05, 4.69) is 12.2 Å². The van der Waals surface area contributed by atoms with Crippen molar-refractivity contribution >= 4 is 11.1 Å². The van der Waals surface area contributed by atoms with Gasteiger partial charge in [-0.3, -0.25) is 0 Å². The fraction of sp³-hybridized carbons (Fsp3) is 0.385. The zero-order chi connectivity index (χ0) is 21.3. The van der Waals surface area contributed by atoms with Crippen molar-refractivity contribution in [3.05, 3.63) is 76.9 Å². The van der Waals surface area contributed by atoms with Crippen LogP contribution in [0.5, 0.6) is 5.75 Å². The minimum absolute atomic E-state index is 0.159. The molecule has 2 aromatic rings. The Morgan fingerprint density at radius 3 is 2.07 bits per heavy atom. The molecule has 2 aliphatic rings. The van der Waals surface area contributed by atoms with Gasteiger partial charge in [-0.25, -0.2) is 8.78 Å². The molecule has 1 N–H and O–H groups in total. The van der Waals surface area contributed by atoms with Crippen LogP contribution in [0.25, 0.3) is 11.1 Å². The molecule has 0 bridgehead atoms. The zero-order valence-electron chi connectivity index (χ0n) is 17.5. The summed E-state index contributed by atoms with van der Waals surface area (Å²) in [6.07, 6.45) is 6.57. The van der Waals surface area contributed by atoms with E-state index < -0.39 is 6.10 Å². The van der Waals surface area contributed by atoms with Gasteiger partial charge in [0, 0.05) is 17.2 Å². The summed E-state index contributed by atoms with van der Waals surface area (Å²) in [7, 11) is 0. The van der Waals surface area contributed by atoms with Gasteiger partial charge >= 0.3 is 0 Å². The Hall–Kier alpha value is -2.46. The number of halogens is 2. The number of aliphatic hydroxyl groups is 1. The minimum Gasteiger partial charge on any atom is -0.494 e. The van der Waals surface area contributed by atoms with E-state index in [1.165, 1.54) is 12.1 Å². The highest BCUT2D eigenvalue weighted by Crippen LogP contribution is 2.52. The standard InChI is InChI=1S/C26H28F2O2/c1-3-5-26(29)16-6-8-22(24(27)14-16)20-12-10-19-18(20)11-13-21(19)23-9-7-17(30-4-2)15-25(23)28/h6-9,12-15,18-19,26,29H,3-5,10-11H2,1-2H3. The van der Waals surface area contributed by atoms with Gasteiger partial charge in [0.1, 0.15) is 17.4 Å². The molecule has 0 saturated carbocycles. The molecule has 158 valence electrons. The predicted octanol–water partition coefficient (Wildman–Crippen LogP) is 6.70. The molecule has 0 fully saturated rings. The third kappa shape index (κ3) is 3.81. The molecular formula is C26H28F2O2. The van der Waals surface area contributed by atoms with Gasteiger partial charge < -0.3 is 9.84 Å². The van der Waals surface area contributed by atoms with E-state index >= 15 is 0 Å².